The molecule has 4 rings (SSSR count). The number of anilines is 1. The molecule has 0 radical (unpaired) electrons. The van der Waals surface area contributed by atoms with Crippen molar-refractivity contribution in [1.82, 2.24) is 14.9 Å². The Hall–Kier alpha value is -2.05. The van der Waals surface area contributed by atoms with Crippen LogP contribution in [0, 0.1) is 12.7 Å². The van der Waals surface area contributed by atoms with E-state index >= 15 is 0 Å². The van der Waals surface area contributed by atoms with Crippen LogP contribution in [-0.2, 0) is 23.3 Å². The fraction of sp³-hybridized carbons (Fsp3) is 0.500. The van der Waals surface area contributed by atoms with Gasteiger partial charge >= 0.3 is 0 Å². The third-order valence-electron chi connectivity index (χ3n) is 5.51. The maximum Gasteiger partial charge on any atom is 0.225 e. The molecule has 0 aliphatic carbocycles. The number of aromatic nitrogens is 2. The van der Waals surface area contributed by atoms with Gasteiger partial charge in [0.1, 0.15) is 5.82 Å². The molecule has 2 aromatic rings. The van der Waals surface area contributed by atoms with E-state index in [2.05, 4.69) is 9.88 Å². The molecule has 0 amide bonds. The summed E-state index contributed by atoms with van der Waals surface area (Å²) in [6, 6.07) is 7.02. The summed E-state index contributed by atoms with van der Waals surface area (Å²) in [4.78, 5) is 13.8. The number of hydrogen-bond donors (Lipinski definition) is 0. The van der Waals surface area contributed by atoms with Crippen molar-refractivity contribution in [2.24, 2.45) is 0 Å². The van der Waals surface area contributed by atoms with Crippen LogP contribution in [0.25, 0.3) is 0 Å². The van der Waals surface area contributed by atoms with Crippen molar-refractivity contribution >= 4 is 5.95 Å². The topological polar surface area (TPSA) is 41.5 Å². The third kappa shape index (κ3) is 2.97. The number of hydrogen-bond acceptors (Lipinski definition) is 5. The lowest BCUT2D eigenvalue weighted by Gasteiger charge is -2.35. The fourth-order valence-corrected chi connectivity index (χ4v) is 4.08. The average molecular weight is 356 g/mol. The predicted molar refractivity (Wildman–Crippen MR) is 98.7 cm³/mol. The van der Waals surface area contributed by atoms with E-state index in [1.165, 1.54) is 6.07 Å². The van der Waals surface area contributed by atoms with E-state index in [1.54, 1.807) is 6.07 Å². The summed E-state index contributed by atoms with van der Waals surface area (Å²) in [5.74, 6) is 0.608. The first-order valence-corrected chi connectivity index (χ1v) is 9.07. The van der Waals surface area contributed by atoms with Crippen LogP contribution in [0.15, 0.2) is 24.3 Å². The van der Waals surface area contributed by atoms with Crippen molar-refractivity contribution in [3.8, 4) is 0 Å². The zero-order chi connectivity index (χ0) is 18.3. The zero-order valence-corrected chi connectivity index (χ0v) is 15.6. The van der Waals surface area contributed by atoms with E-state index in [9.17, 15) is 4.39 Å². The minimum atomic E-state index is -0.137. The number of benzene rings is 1. The summed E-state index contributed by atoms with van der Waals surface area (Å²) in [5, 5.41) is 0. The van der Waals surface area contributed by atoms with Crippen molar-refractivity contribution in [3.63, 3.8) is 0 Å². The first kappa shape index (κ1) is 17.4. The van der Waals surface area contributed by atoms with Gasteiger partial charge in [-0.3, -0.25) is 4.90 Å². The van der Waals surface area contributed by atoms with Gasteiger partial charge in [0.25, 0.3) is 0 Å². The highest BCUT2D eigenvalue weighted by molar-refractivity contribution is 5.41. The van der Waals surface area contributed by atoms with Crippen LogP contribution in [-0.4, -0.2) is 48.7 Å². The number of halogens is 1. The van der Waals surface area contributed by atoms with E-state index in [1.807, 2.05) is 38.1 Å². The molecule has 1 saturated heterocycles. The SMILES string of the molecule is Cc1nc(N(C)C)nc2c1COC[C@]21CCN(Cc2ccccc2F)C1. The van der Waals surface area contributed by atoms with Crippen LogP contribution >= 0.6 is 0 Å². The highest BCUT2D eigenvalue weighted by Gasteiger charge is 2.45. The monoisotopic (exact) mass is 356 g/mol. The normalized spacial score (nSPS) is 22.6. The number of ether oxygens (including phenoxy) is 1. The second-order valence-electron chi connectivity index (χ2n) is 7.66. The molecule has 138 valence electrons. The molecule has 0 saturated carbocycles. The second kappa shape index (κ2) is 6.59. The number of aryl methyl sites for hydroxylation is 1. The summed E-state index contributed by atoms with van der Waals surface area (Å²) in [6.07, 6.45) is 0.970. The fourth-order valence-electron chi connectivity index (χ4n) is 4.08. The summed E-state index contributed by atoms with van der Waals surface area (Å²) in [6.45, 7) is 5.63. The lowest BCUT2D eigenvalue weighted by molar-refractivity contribution is 0.0497. The highest BCUT2D eigenvalue weighted by atomic mass is 19.1. The molecule has 1 aromatic carbocycles. The molecule has 6 heteroatoms. The molecular weight excluding hydrogens is 331 g/mol. The predicted octanol–water partition coefficient (Wildman–Crippen LogP) is 2.66. The van der Waals surface area contributed by atoms with Gasteiger partial charge in [-0.05, 0) is 26.0 Å². The Morgan fingerprint density at radius 3 is 2.85 bits per heavy atom. The number of nitrogens with zero attached hydrogens (tertiary/aromatic N) is 4. The molecule has 0 unspecified atom stereocenters. The molecule has 1 atom stereocenters. The maximum atomic E-state index is 14.0. The maximum absolute atomic E-state index is 14.0. The van der Waals surface area contributed by atoms with Crippen molar-refractivity contribution in [3.05, 3.63) is 52.6 Å². The first-order valence-electron chi connectivity index (χ1n) is 9.07. The van der Waals surface area contributed by atoms with Crippen LogP contribution in [0.2, 0.25) is 0 Å². The van der Waals surface area contributed by atoms with Gasteiger partial charge < -0.3 is 9.64 Å². The second-order valence-corrected chi connectivity index (χ2v) is 7.66. The van der Waals surface area contributed by atoms with Gasteiger partial charge in [0.15, 0.2) is 0 Å². The lowest BCUT2D eigenvalue weighted by atomic mass is 9.80. The Morgan fingerprint density at radius 2 is 2.08 bits per heavy atom. The van der Waals surface area contributed by atoms with Crippen LogP contribution in [0.3, 0.4) is 0 Å². The molecule has 0 bridgehead atoms. The molecule has 3 heterocycles. The van der Waals surface area contributed by atoms with E-state index in [4.69, 9.17) is 9.72 Å². The van der Waals surface area contributed by atoms with Gasteiger partial charge in [0.2, 0.25) is 5.95 Å². The molecule has 2 aliphatic heterocycles. The lowest BCUT2D eigenvalue weighted by Crippen LogP contribution is -2.41. The van der Waals surface area contributed by atoms with E-state index in [0.29, 0.717) is 19.8 Å². The largest absolute Gasteiger partial charge is 0.376 e. The van der Waals surface area contributed by atoms with E-state index in [-0.39, 0.29) is 11.2 Å². The molecule has 1 fully saturated rings. The van der Waals surface area contributed by atoms with Gasteiger partial charge in [-0.1, -0.05) is 18.2 Å². The van der Waals surface area contributed by atoms with E-state index in [0.717, 1.165) is 48.0 Å². The quantitative estimate of drug-likeness (QED) is 0.846. The zero-order valence-electron chi connectivity index (χ0n) is 15.6. The third-order valence-corrected chi connectivity index (χ3v) is 5.51. The highest BCUT2D eigenvalue weighted by Crippen LogP contribution is 2.40. The minimum absolute atomic E-state index is 0.128. The van der Waals surface area contributed by atoms with E-state index < -0.39 is 0 Å². The van der Waals surface area contributed by atoms with Crippen LogP contribution < -0.4 is 4.90 Å². The Kier molecular flexibility index (Phi) is 4.40. The van der Waals surface area contributed by atoms with Gasteiger partial charge in [-0.15, -0.1) is 0 Å². The molecule has 1 spiro atoms. The van der Waals surface area contributed by atoms with Crippen molar-refractivity contribution in [1.29, 1.82) is 0 Å². The number of fused-ring (bicyclic) bond motifs is 2. The number of likely N-dealkylation sites (tertiary alicyclic amines) is 1. The summed E-state index contributed by atoms with van der Waals surface area (Å²) >= 11 is 0. The Bertz CT molecular complexity index is 825. The van der Waals surface area contributed by atoms with Crippen molar-refractivity contribution in [2.75, 3.05) is 38.7 Å². The smallest absolute Gasteiger partial charge is 0.225 e. The van der Waals surface area contributed by atoms with Gasteiger partial charge in [0, 0.05) is 44.0 Å². The Balaban J connectivity index is 1.64. The molecular formula is C20H25FN4O. The molecule has 26 heavy (non-hydrogen) atoms. The summed E-state index contributed by atoms with van der Waals surface area (Å²) in [7, 11) is 3.93. The molecule has 2 aliphatic rings. The summed E-state index contributed by atoms with van der Waals surface area (Å²) in [5.41, 5.74) is 3.85. The standard InChI is InChI=1S/C20H25FN4O/c1-14-16-11-26-13-20(18(16)23-19(22-14)24(2)3)8-9-25(12-20)10-15-6-4-5-7-17(15)21/h4-7H,8-13H2,1-3H3/t20-/m1/s1. The van der Waals surface area contributed by atoms with Gasteiger partial charge in [-0.25, -0.2) is 14.4 Å². The average Bonchev–Trinajstić information content (AvgIpc) is 3.01. The van der Waals surface area contributed by atoms with Crippen LogP contribution in [0.5, 0.6) is 0 Å². The molecule has 5 nitrogen and oxygen atoms in total. The Morgan fingerprint density at radius 1 is 1.27 bits per heavy atom. The first-order chi connectivity index (χ1) is 12.5. The molecule has 0 N–H and O–H groups in total. The van der Waals surface area contributed by atoms with Gasteiger partial charge in [-0.2, -0.15) is 0 Å². The van der Waals surface area contributed by atoms with Gasteiger partial charge in [0.05, 0.1) is 24.3 Å². The van der Waals surface area contributed by atoms with Crippen LogP contribution in [0.1, 0.15) is 28.9 Å². The van der Waals surface area contributed by atoms with Crippen molar-refractivity contribution in [2.45, 2.75) is 31.9 Å². The van der Waals surface area contributed by atoms with Crippen molar-refractivity contribution < 1.29 is 9.13 Å². The van der Waals surface area contributed by atoms with Crippen LogP contribution in [0.4, 0.5) is 10.3 Å². The minimum Gasteiger partial charge on any atom is -0.376 e. The Labute approximate surface area is 153 Å². The number of rotatable bonds is 3. The summed E-state index contributed by atoms with van der Waals surface area (Å²) < 4.78 is 20.0. The molecule has 1 aromatic heterocycles.